The van der Waals surface area contributed by atoms with Crippen LogP contribution >= 0.6 is 0 Å². The van der Waals surface area contributed by atoms with Crippen molar-refractivity contribution in [3.8, 4) is 0 Å². The maximum atomic E-state index is 9.47. The average Bonchev–Trinajstić information content (AvgIpc) is 2.28. The van der Waals surface area contributed by atoms with E-state index in [1.807, 2.05) is 0 Å². The number of rotatable bonds is 5. The lowest BCUT2D eigenvalue weighted by Crippen LogP contribution is -2.04. The zero-order valence-corrected chi connectivity index (χ0v) is 11.6. The molecule has 0 atom stereocenters. The van der Waals surface area contributed by atoms with E-state index in [2.05, 4.69) is 46.8 Å². The molecule has 95 valence electrons. The Morgan fingerprint density at radius 2 is 1.53 bits per heavy atom. The van der Waals surface area contributed by atoms with Crippen molar-refractivity contribution in [1.82, 2.24) is 0 Å². The molecule has 0 heterocycles. The van der Waals surface area contributed by atoms with Gasteiger partial charge in [0.1, 0.15) is 0 Å². The van der Waals surface area contributed by atoms with Gasteiger partial charge in [0, 0.05) is 0 Å². The van der Waals surface area contributed by atoms with Gasteiger partial charge >= 0.3 is 0 Å². The second-order valence-corrected chi connectivity index (χ2v) is 5.32. The van der Waals surface area contributed by atoms with Gasteiger partial charge in [-0.3, -0.25) is 0 Å². The molecule has 1 heteroatoms. The molecule has 1 nitrogen and oxygen atoms in total. The normalized spacial score (nSPS) is 11.5. The smallest absolute Gasteiger partial charge is 0.0684 e. The van der Waals surface area contributed by atoms with Crippen LogP contribution in [0.1, 0.15) is 68.2 Å². The summed E-state index contributed by atoms with van der Waals surface area (Å²) in [6.07, 6.45) is 1.91. The van der Waals surface area contributed by atoms with Crippen LogP contribution in [0.5, 0.6) is 0 Å². The van der Waals surface area contributed by atoms with Gasteiger partial charge in [0.15, 0.2) is 0 Å². The second kappa shape index (κ2) is 6.20. The van der Waals surface area contributed by atoms with Gasteiger partial charge in [0.05, 0.1) is 6.61 Å². The Kier molecular flexibility index (Phi) is 5.20. The van der Waals surface area contributed by atoms with Crippen LogP contribution in [0.25, 0.3) is 0 Å². The molecule has 0 amide bonds. The molecule has 0 bridgehead atoms. The highest BCUT2D eigenvalue weighted by Crippen LogP contribution is 2.29. The first-order valence-corrected chi connectivity index (χ1v) is 6.56. The average molecular weight is 233 g/mol. The Morgan fingerprint density at radius 1 is 1.00 bits per heavy atom. The zero-order valence-electron chi connectivity index (χ0n) is 11.6. The molecular weight excluding hydrogens is 208 g/mol. The van der Waals surface area contributed by atoms with Gasteiger partial charge in [-0.2, -0.15) is 0 Å². The molecule has 1 N–H and O–H groups in total. The first-order valence-electron chi connectivity index (χ1n) is 6.56. The number of aliphatic hydroxyl groups excluding tert-OH is 1. The predicted octanol–water partition coefficient (Wildman–Crippen LogP) is 4.19. The highest BCUT2D eigenvalue weighted by Gasteiger charge is 2.13. The summed E-state index contributed by atoms with van der Waals surface area (Å²) in [7, 11) is 0. The molecule has 0 saturated carbocycles. The Hall–Kier alpha value is -0.820. The topological polar surface area (TPSA) is 20.2 Å². The summed E-state index contributed by atoms with van der Waals surface area (Å²) in [5.74, 6) is 0.991. The molecule has 0 aliphatic rings. The minimum absolute atomic E-state index is 0.135. The summed E-state index contributed by atoms with van der Waals surface area (Å²) in [5, 5.41) is 9.47. The second-order valence-electron chi connectivity index (χ2n) is 5.32. The van der Waals surface area contributed by atoms with Crippen molar-refractivity contribution >= 4 is 0 Å². The molecule has 0 fully saturated rings. The SMILES string of the molecule is [CH2]CCc1cc(CO)c(C(C)C)cc1C(C)C. The fourth-order valence-corrected chi connectivity index (χ4v) is 2.35. The molecule has 0 aliphatic carbocycles. The molecule has 1 aromatic rings. The van der Waals surface area contributed by atoms with Crippen molar-refractivity contribution in [2.24, 2.45) is 0 Å². The Balaban J connectivity index is 3.31. The van der Waals surface area contributed by atoms with Crippen LogP contribution < -0.4 is 0 Å². The van der Waals surface area contributed by atoms with E-state index in [9.17, 15) is 5.11 Å². The van der Waals surface area contributed by atoms with Crippen molar-refractivity contribution in [2.75, 3.05) is 0 Å². The number of benzene rings is 1. The van der Waals surface area contributed by atoms with E-state index in [0.717, 1.165) is 18.4 Å². The van der Waals surface area contributed by atoms with Crippen LogP contribution in [0.2, 0.25) is 0 Å². The lowest BCUT2D eigenvalue weighted by molar-refractivity contribution is 0.280. The van der Waals surface area contributed by atoms with Gasteiger partial charge in [-0.05, 0) is 46.9 Å². The van der Waals surface area contributed by atoms with Gasteiger partial charge in [0.25, 0.3) is 0 Å². The number of aryl methyl sites for hydroxylation is 1. The minimum Gasteiger partial charge on any atom is -0.392 e. The molecular formula is C16H25O. The van der Waals surface area contributed by atoms with Crippen molar-refractivity contribution in [1.29, 1.82) is 0 Å². The summed E-state index contributed by atoms with van der Waals surface area (Å²) in [6, 6.07) is 4.46. The van der Waals surface area contributed by atoms with Gasteiger partial charge in [-0.25, -0.2) is 0 Å². The Labute approximate surface area is 106 Å². The van der Waals surface area contributed by atoms with Crippen LogP contribution in [0, 0.1) is 6.92 Å². The van der Waals surface area contributed by atoms with E-state index < -0.39 is 0 Å². The molecule has 0 spiro atoms. The van der Waals surface area contributed by atoms with Crippen LogP contribution in [0.4, 0.5) is 0 Å². The third kappa shape index (κ3) is 3.32. The van der Waals surface area contributed by atoms with Crippen molar-refractivity contribution in [3.05, 3.63) is 41.3 Å². The van der Waals surface area contributed by atoms with Gasteiger partial charge in [0.2, 0.25) is 0 Å². The van der Waals surface area contributed by atoms with Crippen LogP contribution in [0.15, 0.2) is 12.1 Å². The van der Waals surface area contributed by atoms with Crippen LogP contribution in [0.3, 0.4) is 0 Å². The number of hydrogen-bond acceptors (Lipinski definition) is 1. The standard InChI is InChI=1S/C16H25O/c1-6-7-13-8-14(10-17)16(12(4)5)9-15(13)11(2)3/h8-9,11-12,17H,1,6-7,10H2,2-5H3. The lowest BCUT2D eigenvalue weighted by Gasteiger charge is -2.19. The Bertz CT molecular complexity index is 364. The quantitative estimate of drug-likeness (QED) is 0.808. The van der Waals surface area contributed by atoms with E-state index in [0.29, 0.717) is 11.8 Å². The van der Waals surface area contributed by atoms with Crippen LogP contribution in [-0.4, -0.2) is 5.11 Å². The molecule has 0 saturated heterocycles. The monoisotopic (exact) mass is 233 g/mol. The summed E-state index contributed by atoms with van der Waals surface area (Å²) in [5.41, 5.74) is 5.12. The third-order valence-electron chi connectivity index (χ3n) is 3.26. The third-order valence-corrected chi connectivity index (χ3v) is 3.26. The summed E-state index contributed by atoms with van der Waals surface area (Å²) in [6.45, 7) is 12.9. The van der Waals surface area contributed by atoms with Gasteiger partial charge in [-0.15, -0.1) is 0 Å². The predicted molar refractivity (Wildman–Crippen MR) is 74.2 cm³/mol. The highest BCUT2D eigenvalue weighted by molar-refractivity contribution is 5.41. The van der Waals surface area contributed by atoms with Crippen LogP contribution in [-0.2, 0) is 13.0 Å². The minimum atomic E-state index is 0.135. The maximum Gasteiger partial charge on any atom is 0.0684 e. The molecule has 1 radical (unpaired) electrons. The fourth-order valence-electron chi connectivity index (χ4n) is 2.35. The molecule has 1 rings (SSSR count). The Morgan fingerprint density at radius 3 is 1.94 bits per heavy atom. The van der Waals surface area contributed by atoms with Crippen molar-refractivity contribution in [2.45, 2.75) is 59.0 Å². The van der Waals surface area contributed by atoms with E-state index in [4.69, 9.17) is 0 Å². The first kappa shape index (κ1) is 14.2. The summed E-state index contributed by atoms with van der Waals surface area (Å²) >= 11 is 0. The largest absolute Gasteiger partial charge is 0.392 e. The van der Waals surface area contributed by atoms with E-state index in [1.165, 1.54) is 16.7 Å². The highest BCUT2D eigenvalue weighted by atomic mass is 16.3. The molecule has 0 aliphatic heterocycles. The molecule has 17 heavy (non-hydrogen) atoms. The van der Waals surface area contributed by atoms with Gasteiger partial charge in [-0.1, -0.05) is 46.8 Å². The van der Waals surface area contributed by atoms with E-state index >= 15 is 0 Å². The van der Waals surface area contributed by atoms with Crippen molar-refractivity contribution in [3.63, 3.8) is 0 Å². The molecule has 1 aromatic carbocycles. The molecule has 0 aromatic heterocycles. The fraction of sp³-hybridized carbons (Fsp3) is 0.562. The maximum absolute atomic E-state index is 9.47. The molecule has 0 unspecified atom stereocenters. The van der Waals surface area contributed by atoms with E-state index in [-0.39, 0.29) is 6.61 Å². The number of hydrogen-bond donors (Lipinski definition) is 1. The first-order chi connectivity index (χ1) is 8.01. The number of aliphatic hydroxyl groups is 1. The van der Waals surface area contributed by atoms with Crippen molar-refractivity contribution < 1.29 is 5.11 Å². The van der Waals surface area contributed by atoms with E-state index in [1.54, 1.807) is 0 Å². The summed E-state index contributed by atoms with van der Waals surface area (Å²) < 4.78 is 0. The summed E-state index contributed by atoms with van der Waals surface area (Å²) in [4.78, 5) is 0. The lowest BCUT2D eigenvalue weighted by atomic mass is 9.87. The zero-order chi connectivity index (χ0) is 13.0. The van der Waals surface area contributed by atoms with Gasteiger partial charge < -0.3 is 5.11 Å².